The molecule has 3 N–H and O–H groups in total. The zero-order valence-electron chi connectivity index (χ0n) is 13.8. The lowest BCUT2D eigenvalue weighted by atomic mass is 9.68. The third kappa shape index (κ3) is 2.98. The van der Waals surface area contributed by atoms with E-state index in [9.17, 15) is 9.90 Å². The van der Waals surface area contributed by atoms with Gasteiger partial charge in [0.1, 0.15) is 0 Å². The Hall–Kier alpha value is -1.73. The summed E-state index contributed by atoms with van der Waals surface area (Å²) in [5.74, 6) is 2.03. The minimum Gasteiger partial charge on any atom is -0.392 e. The first-order valence-corrected chi connectivity index (χ1v) is 8.89. The third-order valence-corrected chi connectivity index (χ3v) is 5.91. The fraction of sp³-hybridized carbons (Fsp3) is 0.706. The van der Waals surface area contributed by atoms with Crippen molar-refractivity contribution >= 4 is 11.7 Å². The fourth-order valence-electron chi connectivity index (χ4n) is 4.44. The van der Waals surface area contributed by atoms with Crippen LogP contribution >= 0.6 is 0 Å². The molecule has 3 saturated heterocycles. The SMILES string of the molecule is NC(=O)c1ccc(N2CCC(CN3CC4CC(C3)C4O)CC2)nn1. The predicted molar refractivity (Wildman–Crippen MR) is 89.5 cm³/mol. The van der Waals surface area contributed by atoms with Gasteiger partial charge in [0.15, 0.2) is 11.5 Å². The number of fused-ring (bicyclic) bond motifs is 2. The van der Waals surface area contributed by atoms with Gasteiger partial charge in [-0.2, -0.15) is 0 Å². The molecular weight excluding hydrogens is 306 g/mol. The number of hydrogen-bond donors (Lipinski definition) is 2. The van der Waals surface area contributed by atoms with E-state index in [4.69, 9.17) is 5.73 Å². The van der Waals surface area contributed by atoms with E-state index in [1.165, 1.54) is 6.42 Å². The lowest BCUT2D eigenvalue weighted by molar-refractivity contribution is -0.110. The van der Waals surface area contributed by atoms with Gasteiger partial charge in [0.2, 0.25) is 0 Å². The van der Waals surface area contributed by atoms with Crippen molar-refractivity contribution < 1.29 is 9.90 Å². The number of carbonyl (C=O) groups is 1. The number of piperidine rings is 3. The molecule has 4 aliphatic rings. The van der Waals surface area contributed by atoms with Crippen LogP contribution in [-0.4, -0.2) is 64.9 Å². The van der Waals surface area contributed by atoms with Gasteiger partial charge in [-0.3, -0.25) is 4.79 Å². The smallest absolute Gasteiger partial charge is 0.269 e. The van der Waals surface area contributed by atoms with Crippen molar-refractivity contribution in [2.24, 2.45) is 23.5 Å². The number of amides is 1. The zero-order chi connectivity index (χ0) is 16.7. The van der Waals surface area contributed by atoms with Gasteiger partial charge in [-0.1, -0.05) is 0 Å². The second-order valence-electron chi connectivity index (χ2n) is 7.54. The molecule has 0 radical (unpaired) electrons. The van der Waals surface area contributed by atoms with E-state index in [2.05, 4.69) is 20.0 Å². The summed E-state index contributed by atoms with van der Waals surface area (Å²) in [6.45, 7) is 5.23. The first-order valence-electron chi connectivity index (χ1n) is 8.89. The number of anilines is 1. The predicted octanol–water partition coefficient (Wildman–Crippen LogP) is 0.104. The first-order chi connectivity index (χ1) is 11.6. The fourth-order valence-corrected chi connectivity index (χ4v) is 4.44. The van der Waals surface area contributed by atoms with E-state index in [1.807, 2.05) is 6.07 Å². The molecule has 0 aromatic carbocycles. The van der Waals surface area contributed by atoms with Gasteiger partial charge in [-0.25, -0.2) is 0 Å². The van der Waals surface area contributed by atoms with Gasteiger partial charge < -0.3 is 20.6 Å². The van der Waals surface area contributed by atoms with Crippen LogP contribution in [0.15, 0.2) is 12.1 Å². The van der Waals surface area contributed by atoms with Gasteiger partial charge in [0.25, 0.3) is 5.91 Å². The first kappa shape index (κ1) is 15.8. The summed E-state index contributed by atoms with van der Waals surface area (Å²) in [4.78, 5) is 15.8. The molecular formula is C17H25N5O2. The Morgan fingerprint density at radius 1 is 1.21 bits per heavy atom. The van der Waals surface area contributed by atoms with Crippen molar-refractivity contribution in [1.82, 2.24) is 15.1 Å². The highest BCUT2D eigenvalue weighted by Gasteiger charge is 2.45. The van der Waals surface area contributed by atoms with Crippen LogP contribution in [0, 0.1) is 17.8 Å². The summed E-state index contributed by atoms with van der Waals surface area (Å²) in [5, 5.41) is 17.9. The topological polar surface area (TPSA) is 95.6 Å². The molecule has 1 aliphatic carbocycles. The normalized spacial score (nSPS) is 30.9. The van der Waals surface area contributed by atoms with Crippen molar-refractivity contribution in [2.75, 3.05) is 37.6 Å². The lowest BCUT2D eigenvalue weighted by Crippen LogP contribution is -2.59. The Bertz CT molecular complexity index is 588. The van der Waals surface area contributed by atoms with Gasteiger partial charge in [-0.15, -0.1) is 10.2 Å². The number of carbonyl (C=O) groups excluding carboxylic acids is 1. The van der Waals surface area contributed by atoms with Crippen molar-refractivity contribution in [3.63, 3.8) is 0 Å². The largest absolute Gasteiger partial charge is 0.392 e. The molecule has 1 saturated carbocycles. The van der Waals surface area contributed by atoms with E-state index in [0.29, 0.717) is 17.8 Å². The average Bonchev–Trinajstić information content (AvgIpc) is 2.62. The number of rotatable bonds is 4. The molecule has 1 amide bonds. The molecule has 130 valence electrons. The highest BCUT2D eigenvalue weighted by atomic mass is 16.3. The number of aromatic nitrogens is 2. The molecule has 1 aromatic heterocycles. The summed E-state index contributed by atoms with van der Waals surface area (Å²) in [6.07, 6.45) is 3.47. The maximum Gasteiger partial charge on any atom is 0.269 e. The van der Waals surface area contributed by atoms with Crippen LogP contribution in [0.3, 0.4) is 0 Å². The summed E-state index contributed by atoms with van der Waals surface area (Å²) < 4.78 is 0. The summed E-state index contributed by atoms with van der Waals surface area (Å²) in [6, 6.07) is 3.47. The summed E-state index contributed by atoms with van der Waals surface area (Å²) in [5.41, 5.74) is 5.40. The number of aliphatic hydroxyl groups excluding tert-OH is 1. The Labute approximate surface area is 141 Å². The van der Waals surface area contributed by atoms with E-state index >= 15 is 0 Å². The number of nitrogens with two attached hydrogens (primary N) is 1. The molecule has 7 nitrogen and oxygen atoms in total. The molecule has 2 atom stereocenters. The highest BCUT2D eigenvalue weighted by molar-refractivity contribution is 5.90. The quantitative estimate of drug-likeness (QED) is 0.813. The van der Waals surface area contributed by atoms with Gasteiger partial charge in [0, 0.05) is 32.7 Å². The van der Waals surface area contributed by atoms with Crippen molar-refractivity contribution in [3.8, 4) is 0 Å². The maximum atomic E-state index is 11.1. The molecule has 5 rings (SSSR count). The summed E-state index contributed by atoms with van der Waals surface area (Å²) in [7, 11) is 0. The van der Waals surface area contributed by atoms with E-state index in [0.717, 1.165) is 51.4 Å². The second-order valence-corrected chi connectivity index (χ2v) is 7.54. The zero-order valence-corrected chi connectivity index (χ0v) is 13.8. The Balaban J connectivity index is 1.27. The van der Waals surface area contributed by atoms with Crippen LogP contribution in [0.25, 0.3) is 0 Å². The molecule has 7 heteroatoms. The lowest BCUT2D eigenvalue weighted by Gasteiger charge is -2.52. The number of nitrogens with zero attached hydrogens (tertiary/aromatic N) is 4. The molecule has 24 heavy (non-hydrogen) atoms. The minimum absolute atomic E-state index is 0.0370. The van der Waals surface area contributed by atoms with Crippen molar-refractivity contribution in [1.29, 1.82) is 0 Å². The van der Waals surface area contributed by atoms with Crippen LogP contribution in [0.5, 0.6) is 0 Å². The molecule has 2 bridgehead atoms. The summed E-state index contributed by atoms with van der Waals surface area (Å²) >= 11 is 0. The Kier molecular flexibility index (Phi) is 4.14. The second kappa shape index (κ2) is 6.29. The van der Waals surface area contributed by atoms with Crippen molar-refractivity contribution in [3.05, 3.63) is 17.8 Å². The van der Waals surface area contributed by atoms with E-state index in [-0.39, 0.29) is 11.8 Å². The standard InChI is InChI=1S/C17H25N5O2/c18-17(24)14-1-2-15(20-19-14)22-5-3-11(4-6-22)8-21-9-12-7-13(10-21)16(12)23/h1-2,11-13,16,23H,3-10H2,(H2,18,24). The van der Waals surface area contributed by atoms with Gasteiger partial charge in [0.05, 0.1) is 6.10 Å². The third-order valence-electron chi connectivity index (χ3n) is 5.91. The Morgan fingerprint density at radius 2 is 1.92 bits per heavy atom. The average molecular weight is 331 g/mol. The highest BCUT2D eigenvalue weighted by Crippen LogP contribution is 2.40. The monoisotopic (exact) mass is 331 g/mol. The van der Waals surface area contributed by atoms with Crippen LogP contribution in [-0.2, 0) is 0 Å². The van der Waals surface area contributed by atoms with Crippen LogP contribution in [0.4, 0.5) is 5.82 Å². The molecule has 0 spiro atoms. The molecule has 4 fully saturated rings. The van der Waals surface area contributed by atoms with E-state index < -0.39 is 5.91 Å². The molecule has 2 unspecified atom stereocenters. The van der Waals surface area contributed by atoms with Gasteiger partial charge in [-0.05, 0) is 49.1 Å². The minimum atomic E-state index is -0.544. The number of primary amides is 1. The van der Waals surface area contributed by atoms with Crippen LogP contribution in [0.2, 0.25) is 0 Å². The Morgan fingerprint density at radius 3 is 2.46 bits per heavy atom. The number of hydrogen-bond acceptors (Lipinski definition) is 6. The molecule has 1 aromatic rings. The number of aliphatic hydroxyl groups is 1. The van der Waals surface area contributed by atoms with E-state index in [1.54, 1.807) is 6.07 Å². The van der Waals surface area contributed by atoms with Crippen molar-refractivity contribution in [2.45, 2.75) is 25.4 Å². The molecule has 4 heterocycles. The maximum absolute atomic E-state index is 11.1. The van der Waals surface area contributed by atoms with Crippen LogP contribution < -0.4 is 10.6 Å². The van der Waals surface area contributed by atoms with Gasteiger partial charge >= 0.3 is 0 Å². The molecule has 3 aliphatic heterocycles. The van der Waals surface area contributed by atoms with Crippen LogP contribution in [0.1, 0.15) is 29.8 Å².